The van der Waals surface area contributed by atoms with Crippen molar-refractivity contribution in [3.63, 3.8) is 0 Å². The van der Waals surface area contributed by atoms with E-state index in [1.807, 2.05) is 56.7 Å². The van der Waals surface area contributed by atoms with Crippen LogP contribution in [0.3, 0.4) is 0 Å². The van der Waals surface area contributed by atoms with E-state index in [0.29, 0.717) is 30.4 Å². The van der Waals surface area contributed by atoms with Crippen molar-refractivity contribution in [3.05, 3.63) is 24.3 Å². The third kappa shape index (κ3) is 4.85. The van der Waals surface area contributed by atoms with Crippen LogP contribution in [0, 0.1) is 0 Å². The zero-order valence-electron chi connectivity index (χ0n) is 15.7. The molecule has 8 heteroatoms. The first-order chi connectivity index (χ1) is 12.5. The molecule has 0 unspecified atom stereocenters. The minimum Gasteiger partial charge on any atom is -0.343 e. The van der Waals surface area contributed by atoms with Gasteiger partial charge in [-0.15, -0.1) is 10.2 Å². The van der Waals surface area contributed by atoms with Gasteiger partial charge in [0.2, 0.25) is 11.8 Å². The lowest BCUT2D eigenvalue weighted by Gasteiger charge is -2.17. The molecule has 1 heterocycles. The van der Waals surface area contributed by atoms with Crippen LogP contribution < -0.4 is 5.32 Å². The number of hydrogen-bond acceptors (Lipinski definition) is 5. The van der Waals surface area contributed by atoms with Gasteiger partial charge in [-0.1, -0.05) is 18.7 Å². The number of anilines is 1. The Balaban J connectivity index is 2.06. The average Bonchev–Trinajstić information content (AvgIpc) is 3.02. The first kappa shape index (κ1) is 20.0. The molecule has 0 atom stereocenters. The Morgan fingerprint density at radius 1 is 1.12 bits per heavy atom. The molecule has 7 nitrogen and oxygen atoms in total. The topological polar surface area (TPSA) is 80.1 Å². The smallest absolute Gasteiger partial charge is 0.233 e. The third-order valence-corrected chi connectivity index (χ3v) is 5.03. The van der Waals surface area contributed by atoms with Crippen molar-refractivity contribution in [1.29, 1.82) is 0 Å². The maximum atomic E-state index is 12.1. The molecule has 0 fully saturated rings. The van der Waals surface area contributed by atoms with Crippen LogP contribution in [-0.4, -0.2) is 50.3 Å². The lowest BCUT2D eigenvalue weighted by Crippen LogP contribution is -2.31. The number of thioether (sulfide) groups is 1. The van der Waals surface area contributed by atoms with Gasteiger partial charge < -0.3 is 14.8 Å². The molecule has 0 saturated heterocycles. The highest BCUT2D eigenvalue weighted by atomic mass is 32.2. The molecule has 1 N–H and O–H groups in total. The van der Waals surface area contributed by atoms with Crippen LogP contribution in [0.15, 0.2) is 29.4 Å². The fourth-order valence-electron chi connectivity index (χ4n) is 2.44. The minimum atomic E-state index is -0.0204. The van der Waals surface area contributed by atoms with Crippen LogP contribution in [0.5, 0.6) is 0 Å². The van der Waals surface area contributed by atoms with Gasteiger partial charge in [-0.2, -0.15) is 0 Å². The summed E-state index contributed by atoms with van der Waals surface area (Å²) in [5.74, 6) is 1.14. The Morgan fingerprint density at radius 2 is 1.77 bits per heavy atom. The number of rotatable bonds is 8. The first-order valence-corrected chi connectivity index (χ1v) is 9.68. The molecule has 0 aliphatic heterocycles. The highest BCUT2D eigenvalue weighted by Crippen LogP contribution is 2.24. The number of amides is 2. The maximum Gasteiger partial charge on any atom is 0.233 e. The van der Waals surface area contributed by atoms with Gasteiger partial charge in [-0.05, 0) is 38.1 Å². The third-order valence-electron chi connectivity index (χ3n) is 4.02. The van der Waals surface area contributed by atoms with Crippen LogP contribution in [0.25, 0.3) is 11.4 Å². The number of carbonyl (C=O) groups excluding carboxylic acids is 2. The molecule has 0 spiro atoms. The first-order valence-electron chi connectivity index (χ1n) is 8.70. The van der Waals surface area contributed by atoms with E-state index in [9.17, 15) is 9.59 Å². The van der Waals surface area contributed by atoms with Crippen LogP contribution in [0.2, 0.25) is 0 Å². The van der Waals surface area contributed by atoms with Crippen molar-refractivity contribution in [2.24, 2.45) is 7.05 Å². The molecule has 0 bridgehead atoms. The van der Waals surface area contributed by atoms with Crippen molar-refractivity contribution < 1.29 is 9.59 Å². The Morgan fingerprint density at radius 3 is 2.35 bits per heavy atom. The van der Waals surface area contributed by atoms with E-state index in [2.05, 4.69) is 15.5 Å². The summed E-state index contributed by atoms with van der Waals surface area (Å²) in [5.41, 5.74) is 1.65. The van der Waals surface area contributed by atoms with E-state index >= 15 is 0 Å². The summed E-state index contributed by atoms with van der Waals surface area (Å²) < 4.78 is 1.87. The SMILES string of the molecule is CCC(=O)Nc1ccc(-c2nnc(SCC(=O)N(CC)CC)n2C)cc1. The molecule has 1 aromatic carbocycles. The quantitative estimate of drug-likeness (QED) is 0.718. The second-order valence-corrected chi connectivity index (χ2v) is 6.64. The molecular weight excluding hydrogens is 350 g/mol. The van der Waals surface area contributed by atoms with Crippen LogP contribution in [0.4, 0.5) is 5.69 Å². The van der Waals surface area contributed by atoms with Gasteiger partial charge in [0.15, 0.2) is 11.0 Å². The zero-order valence-corrected chi connectivity index (χ0v) is 16.5. The monoisotopic (exact) mass is 375 g/mol. The van der Waals surface area contributed by atoms with Crippen LogP contribution in [0.1, 0.15) is 27.2 Å². The molecule has 2 aromatic rings. The fourth-order valence-corrected chi connectivity index (χ4v) is 3.25. The molecule has 2 amide bonds. The summed E-state index contributed by atoms with van der Waals surface area (Å²) in [6.45, 7) is 7.17. The Bertz CT molecular complexity index is 753. The van der Waals surface area contributed by atoms with Crippen molar-refractivity contribution in [3.8, 4) is 11.4 Å². The standard InChI is InChI=1S/C18H25N5O2S/c1-5-15(24)19-14-10-8-13(9-11-14)17-20-21-18(22(17)4)26-12-16(25)23(6-2)7-3/h8-11H,5-7,12H2,1-4H3,(H,19,24). The minimum absolute atomic E-state index is 0.0204. The predicted molar refractivity (Wildman–Crippen MR) is 104 cm³/mol. The Labute approximate surface area is 158 Å². The van der Waals surface area contributed by atoms with Crippen molar-refractivity contribution >= 4 is 29.3 Å². The van der Waals surface area contributed by atoms with Crippen molar-refractivity contribution in [2.75, 3.05) is 24.2 Å². The summed E-state index contributed by atoms with van der Waals surface area (Å²) in [4.78, 5) is 25.4. The predicted octanol–water partition coefficient (Wildman–Crippen LogP) is 2.79. The van der Waals surface area contributed by atoms with E-state index < -0.39 is 0 Å². The van der Waals surface area contributed by atoms with Crippen molar-refractivity contribution in [1.82, 2.24) is 19.7 Å². The molecule has 26 heavy (non-hydrogen) atoms. The summed E-state index contributed by atoms with van der Waals surface area (Å²) in [6.07, 6.45) is 0.442. The van der Waals surface area contributed by atoms with E-state index in [1.165, 1.54) is 11.8 Å². The van der Waals surface area contributed by atoms with Gasteiger partial charge in [0.25, 0.3) is 0 Å². The zero-order chi connectivity index (χ0) is 19.1. The average molecular weight is 375 g/mol. The Hall–Kier alpha value is -2.35. The number of hydrogen-bond donors (Lipinski definition) is 1. The van der Waals surface area contributed by atoms with Gasteiger partial charge in [0.05, 0.1) is 5.75 Å². The second kappa shape index (κ2) is 9.38. The molecule has 2 rings (SSSR count). The van der Waals surface area contributed by atoms with E-state index in [0.717, 1.165) is 17.1 Å². The molecular formula is C18H25N5O2S. The van der Waals surface area contributed by atoms with Crippen LogP contribution >= 0.6 is 11.8 Å². The van der Waals surface area contributed by atoms with Crippen molar-refractivity contribution in [2.45, 2.75) is 32.3 Å². The molecule has 1 aromatic heterocycles. The largest absolute Gasteiger partial charge is 0.343 e. The van der Waals surface area contributed by atoms with Crippen LogP contribution in [-0.2, 0) is 16.6 Å². The summed E-state index contributed by atoms with van der Waals surface area (Å²) in [7, 11) is 1.88. The molecule has 140 valence electrons. The van der Waals surface area contributed by atoms with E-state index in [-0.39, 0.29) is 11.8 Å². The van der Waals surface area contributed by atoms with Gasteiger partial charge in [0.1, 0.15) is 0 Å². The van der Waals surface area contributed by atoms with Gasteiger partial charge in [-0.25, -0.2) is 0 Å². The number of nitrogens with zero attached hydrogens (tertiary/aromatic N) is 4. The van der Waals surface area contributed by atoms with Gasteiger partial charge in [-0.3, -0.25) is 9.59 Å². The summed E-state index contributed by atoms with van der Waals surface area (Å²) >= 11 is 1.39. The second-order valence-electron chi connectivity index (χ2n) is 5.70. The number of aromatic nitrogens is 3. The highest BCUT2D eigenvalue weighted by molar-refractivity contribution is 7.99. The van der Waals surface area contributed by atoms with Gasteiger partial charge >= 0.3 is 0 Å². The fraction of sp³-hybridized carbons (Fsp3) is 0.444. The van der Waals surface area contributed by atoms with E-state index in [1.54, 1.807) is 4.90 Å². The number of nitrogens with one attached hydrogen (secondary N) is 1. The number of carbonyl (C=O) groups is 2. The normalized spacial score (nSPS) is 10.6. The number of benzene rings is 1. The molecule has 0 saturated carbocycles. The molecule has 0 radical (unpaired) electrons. The summed E-state index contributed by atoms with van der Waals surface area (Å²) in [5, 5.41) is 11.9. The lowest BCUT2D eigenvalue weighted by atomic mass is 10.2. The molecule has 0 aliphatic rings. The Kier molecular flexibility index (Phi) is 7.20. The van der Waals surface area contributed by atoms with Gasteiger partial charge in [0, 0.05) is 37.8 Å². The summed E-state index contributed by atoms with van der Waals surface area (Å²) in [6, 6.07) is 7.47. The van der Waals surface area contributed by atoms with E-state index in [4.69, 9.17) is 0 Å². The molecule has 0 aliphatic carbocycles. The maximum absolute atomic E-state index is 12.1. The lowest BCUT2D eigenvalue weighted by molar-refractivity contribution is -0.128. The highest BCUT2D eigenvalue weighted by Gasteiger charge is 2.15.